The van der Waals surface area contributed by atoms with Crippen LogP contribution in [0.4, 0.5) is 0 Å². The average Bonchev–Trinajstić information content (AvgIpc) is 2.42. The van der Waals surface area contributed by atoms with Gasteiger partial charge in [-0.3, -0.25) is 4.79 Å². The van der Waals surface area contributed by atoms with E-state index in [0.717, 1.165) is 5.56 Å². The molecule has 3 N–H and O–H groups in total. The molecule has 0 radical (unpaired) electrons. The van der Waals surface area contributed by atoms with Crippen molar-refractivity contribution < 1.29 is 9.53 Å². The topological polar surface area (TPSA) is 90.1 Å². The van der Waals surface area contributed by atoms with Crippen LogP contribution < -0.4 is 15.8 Å². The molecule has 6 nitrogen and oxygen atoms in total. The summed E-state index contributed by atoms with van der Waals surface area (Å²) in [6, 6.07) is 6.87. The van der Waals surface area contributed by atoms with Gasteiger partial charge in [-0.05, 0) is 19.2 Å². The van der Waals surface area contributed by atoms with Crippen LogP contribution in [0.2, 0.25) is 0 Å². The molecular formula is C13H14N4O2. The highest BCUT2D eigenvalue weighted by Gasteiger charge is 2.10. The lowest BCUT2D eigenvalue weighted by molar-refractivity contribution is 0.0998. The number of aromatic nitrogens is 2. The highest BCUT2D eigenvalue weighted by Crippen LogP contribution is 2.21. The van der Waals surface area contributed by atoms with Crippen LogP contribution in [0, 0.1) is 0 Å². The minimum Gasteiger partial charge on any atom is -0.423 e. The molecule has 6 heteroatoms. The van der Waals surface area contributed by atoms with Crippen LogP contribution in [0.1, 0.15) is 15.9 Å². The third kappa shape index (κ3) is 3.26. The van der Waals surface area contributed by atoms with E-state index in [1.165, 1.54) is 0 Å². The summed E-state index contributed by atoms with van der Waals surface area (Å²) in [5, 5.41) is 3.00. The molecule has 1 aromatic heterocycles. The van der Waals surface area contributed by atoms with E-state index in [-0.39, 0.29) is 6.01 Å². The standard InChI is InChI=1S/C13H14N4O2/c1-15-6-9-7-16-13(17-8-9)19-11-5-3-2-4-10(11)12(14)18/h2-5,7-8,15H,6H2,1H3,(H2,14,18). The Kier molecular flexibility index (Phi) is 4.04. The van der Waals surface area contributed by atoms with Crippen LogP contribution in [-0.4, -0.2) is 22.9 Å². The van der Waals surface area contributed by atoms with Gasteiger partial charge in [-0.15, -0.1) is 0 Å². The molecule has 0 aliphatic heterocycles. The normalized spacial score (nSPS) is 10.2. The number of ether oxygens (including phenoxy) is 1. The molecular weight excluding hydrogens is 244 g/mol. The second-order valence-corrected chi connectivity index (χ2v) is 3.87. The van der Waals surface area contributed by atoms with E-state index in [1.54, 1.807) is 36.7 Å². The highest BCUT2D eigenvalue weighted by molar-refractivity contribution is 5.95. The lowest BCUT2D eigenvalue weighted by Crippen LogP contribution is -2.12. The van der Waals surface area contributed by atoms with Gasteiger partial charge < -0.3 is 15.8 Å². The molecule has 1 amide bonds. The molecule has 0 unspecified atom stereocenters. The van der Waals surface area contributed by atoms with Crippen molar-refractivity contribution in [3.05, 3.63) is 47.8 Å². The highest BCUT2D eigenvalue weighted by atomic mass is 16.5. The van der Waals surface area contributed by atoms with E-state index >= 15 is 0 Å². The minimum atomic E-state index is -0.553. The van der Waals surface area contributed by atoms with Crippen LogP contribution in [0.3, 0.4) is 0 Å². The number of para-hydroxylation sites is 1. The predicted molar refractivity (Wildman–Crippen MR) is 69.8 cm³/mol. The first-order chi connectivity index (χ1) is 9.20. The fourth-order valence-electron chi connectivity index (χ4n) is 1.55. The van der Waals surface area contributed by atoms with Crippen LogP contribution in [0.25, 0.3) is 0 Å². The number of nitrogens with zero attached hydrogens (tertiary/aromatic N) is 2. The Morgan fingerprint density at radius 2 is 2.00 bits per heavy atom. The minimum absolute atomic E-state index is 0.175. The molecule has 0 fully saturated rings. The van der Waals surface area contributed by atoms with Gasteiger partial charge in [-0.2, -0.15) is 0 Å². The summed E-state index contributed by atoms with van der Waals surface area (Å²) >= 11 is 0. The number of benzene rings is 1. The Balaban J connectivity index is 2.19. The van der Waals surface area contributed by atoms with Gasteiger partial charge in [0.25, 0.3) is 5.91 Å². The maximum atomic E-state index is 11.2. The molecule has 1 heterocycles. The Morgan fingerprint density at radius 3 is 2.63 bits per heavy atom. The van der Waals surface area contributed by atoms with Crippen molar-refractivity contribution in [1.82, 2.24) is 15.3 Å². The molecule has 0 aliphatic carbocycles. The molecule has 0 atom stereocenters. The van der Waals surface area contributed by atoms with E-state index in [1.807, 2.05) is 7.05 Å². The van der Waals surface area contributed by atoms with E-state index in [9.17, 15) is 4.79 Å². The van der Waals surface area contributed by atoms with Crippen molar-refractivity contribution >= 4 is 5.91 Å². The van der Waals surface area contributed by atoms with E-state index in [0.29, 0.717) is 17.9 Å². The maximum Gasteiger partial charge on any atom is 0.321 e. The first-order valence-electron chi connectivity index (χ1n) is 5.73. The van der Waals surface area contributed by atoms with E-state index < -0.39 is 5.91 Å². The molecule has 0 saturated carbocycles. The number of amides is 1. The summed E-state index contributed by atoms with van der Waals surface area (Å²) in [5.41, 5.74) is 6.50. The van der Waals surface area contributed by atoms with Crippen LogP contribution in [-0.2, 0) is 6.54 Å². The second kappa shape index (κ2) is 5.92. The van der Waals surface area contributed by atoms with Crippen molar-refractivity contribution in [1.29, 1.82) is 0 Å². The molecule has 0 spiro atoms. The third-order valence-corrected chi connectivity index (χ3v) is 2.42. The zero-order chi connectivity index (χ0) is 13.7. The van der Waals surface area contributed by atoms with E-state index in [2.05, 4.69) is 15.3 Å². The summed E-state index contributed by atoms with van der Waals surface area (Å²) in [6.07, 6.45) is 3.32. The molecule has 98 valence electrons. The average molecular weight is 258 g/mol. The zero-order valence-electron chi connectivity index (χ0n) is 10.5. The fraction of sp³-hybridized carbons (Fsp3) is 0.154. The third-order valence-electron chi connectivity index (χ3n) is 2.42. The van der Waals surface area contributed by atoms with Crippen molar-refractivity contribution in [2.75, 3.05) is 7.05 Å². The SMILES string of the molecule is CNCc1cnc(Oc2ccccc2C(N)=O)nc1. The Bertz CT molecular complexity index is 569. The number of carbonyl (C=O) groups excluding carboxylic acids is 1. The summed E-state index contributed by atoms with van der Waals surface area (Å²) in [5.74, 6) is -0.209. The first kappa shape index (κ1) is 13.0. The fourth-order valence-corrected chi connectivity index (χ4v) is 1.55. The van der Waals surface area contributed by atoms with Crippen molar-refractivity contribution in [2.45, 2.75) is 6.54 Å². The largest absolute Gasteiger partial charge is 0.423 e. The Labute approximate surface area is 110 Å². The number of hydrogen-bond acceptors (Lipinski definition) is 5. The second-order valence-electron chi connectivity index (χ2n) is 3.87. The van der Waals surface area contributed by atoms with Gasteiger partial charge >= 0.3 is 6.01 Å². The first-order valence-corrected chi connectivity index (χ1v) is 5.73. The zero-order valence-corrected chi connectivity index (χ0v) is 10.5. The van der Waals surface area contributed by atoms with Gasteiger partial charge in [0.05, 0.1) is 5.56 Å². The lowest BCUT2D eigenvalue weighted by atomic mass is 10.2. The molecule has 0 saturated heterocycles. The number of primary amides is 1. The molecule has 0 bridgehead atoms. The molecule has 19 heavy (non-hydrogen) atoms. The number of nitrogens with two attached hydrogens (primary N) is 1. The predicted octanol–water partition coefficient (Wildman–Crippen LogP) is 1.09. The smallest absolute Gasteiger partial charge is 0.321 e. The monoisotopic (exact) mass is 258 g/mol. The van der Waals surface area contributed by atoms with Gasteiger partial charge in [0.15, 0.2) is 0 Å². The molecule has 0 aliphatic rings. The van der Waals surface area contributed by atoms with Gasteiger partial charge in [-0.1, -0.05) is 12.1 Å². The van der Waals surface area contributed by atoms with Crippen molar-refractivity contribution in [2.24, 2.45) is 5.73 Å². The van der Waals surface area contributed by atoms with Gasteiger partial charge in [-0.25, -0.2) is 9.97 Å². The number of hydrogen-bond donors (Lipinski definition) is 2. The summed E-state index contributed by atoms with van der Waals surface area (Å²) in [7, 11) is 1.84. The van der Waals surface area contributed by atoms with E-state index in [4.69, 9.17) is 10.5 Å². The molecule has 2 aromatic rings. The van der Waals surface area contributed by atoms with Crippen molar-refractivity contribution in [3.63, 3.8) is 0 Å². The summed E-state index contributed by atoms with van der Waals surface area (Å²) < 4.78 is 5.46. The number of carbonyl (C=O) groups is 1. The number of nitrogens with one attached hydrogen (secondary N) is 1. The Morgan fingerprint density at radius 1 is 1.32 bits per heavy atom. The summed E-state index contributed by atoms with van der Waals surface area (Å²) in [4.78, 5) is 19.4. The maximum absolute atomic E-state index is 11.2. The van der Waals surface area contributed by atoms with Gasteiger partial charge in [0.1, 0.15) is 5.75 Å². The van der Waals surface area contributed by atoms with Gasteiger partial charge in [0, 0.05) is 24.5 Å². The lowest BCUT2D eigenvalue weighted by Gasteiger charge is -2.07. The van der Waals surface area contributed by atoms with Crippen LogP contribution in [0.5, 0.6) is 11.8 Å². The molecule has 2 rings (SSSR count). The molecule has 1 aromatic carbocycles. The van der Waals surface area contributed by atoms with Crippen LogP contribution in [0.15, 0.2) is 36.7 Å². The van der Waals surface area contributed by atoms with Crippen molar-refractivity contribution in [3.8, 4) is 11.8 Å². The van der Waals surface area contributed by atoms with Gasteiger partial charge in [0.2, 0.25) is 0 Å². The quantitative estimate of drug-likeness (QED) is 0.837. The van der Waals surface area contributed by atoms with Crippen LogP contribution >= 0.6 is 0 Å². The number of rotatable bonds is 5. The summed E-state index contributed by atoms with van der Waals surface area (Å²) in [6.45, 7) is 0.679. The Hall–Kier alpha value is -2.47.